The van der Waals surface area contributed by atoms with Gasteiger partial charge in [0.15, 0.2) is 0 Å². The van der Waals surface area contributed by atoms with Crippen LogP contribution in [0, 0.1) is 0 Å². The summed E-state index contributed by atoms with van der Waals surface area (Å²) in [5.41, 5.74) is 49.8. The lowest BCUT2D eigenvalue weighted by Gasteiger charge is -2.07. The van der Waals surface area contributed by atoms with Gasteiger partial charge < -0.3 is 83.8 Å². The maximum atomic E-state index is 12.0. The molecule has 0 aromatic heterocycles. The first-order valence-electron chi connectivity index (χ1n) is 23.4. The number of anilines is 8. The number of nitrogen functional groups attached to an aromatic ring is 8. The van der Waals surface area contributed by atoms with E-state index in [1.807, 2.05) is 0 Å². The maximum Gasteiger partial charge on any atom is 0.343 e. The van der Waals surface area contributed by atoms with Gasteiger partial charge in [0.2, 0.25) is 0 Å². The van der Waals surface area contributed by atoms with Crippen LogP contribution < -0.4 is 55.3 Å². The van der Waals surface area contributed by atoms with Gasteiger partial charge in [-0.3, -0.25) is 0 Å². The van der Waals surface area contributed by atoms with Crippen LogP contribution >= 0.6 is 0 Å². The van der Waals surface area contributed by atoms with Gasteiger partial charge in [0.25, 0.3) is 0 Å². The molecule has 0 aliphatic carbocycles. The van der Waals surface area contributed by atoms with E-state index in [0.717, 1.165) is 0 Å². The number of rotatable bonds is 19. The molecule has 5 rings (SSSR count). The Kier molecular flexibility index (Phi) is 26.6. The van der Waals surface area contributed by atoms with Crippen LogP contribution in [0.3, 0.4) is 0 Å². The Morgan fingerprint density at radius 1 is 0.300 bits per heavy atom. The topological polar surface area (TPSA) is 419 Å². The van der Waals surface area contributed by atoms with Crippen LogP contribution in [0.5, 0.6) is 11.5 Å². The smallest absolute Gasteiger partial charge is 0.343 e. The monoisotopic (exact) mass is 1100 g/mol. The molecule has 424 valence electrons. The van der Waals surface area contributed by atoms with E-state index in [-0.39, 0.29) is 78.6 Å². The number of nitrogens with two attached hydrogens (primary N) is 8. The molecule has 0 saturated carbocycles. The molecule has 0 aliphatic heterocycles. The van der Waals surface area contributed by atoms with Crippen molar-refractivity contribution in [1.82, 2.24) is 0 Å². The van der Waals surface area contributed by atoms with E-state index < -0.39 is 47.8 Å². The second-order valence-corrected chi connectivity index (χ2v) is 16.7. The molecule has 0 radical (unpaired) electrons. The zero-order chi connectivity index (χ0) is 60.2. The summed E-state index contributed by atoms with van der Waals surface area (Å²) >= 11 is 0. The van der Waals surface area contributed by atoms with Crippen molar-refractivity contribution >= 4 is 93.3 Å². The Morgan fingerprint density at radius 2 is 0.500 bits per heavy atom. The van der Waals surface area contributed by atoms with Crippen molar-refractivity contribution in [2.45, 2.75) is 27.7 Å². The fraction of sp³-hybridized carbons (Fsp3) is 0.179. The summed E-state index contributed by atoms with van der Waals surface area (Å²) in [5.74, 6) is -3.79. The van der Waals surface area contributed by atoms with Crippen LogP contribution in [0.1, 0.15) is 69.1 Å². The van der Waals surface area contributed by atoms with Gasteiger partial charge in [-0.1, -0.05) is 26.3 Å². The molecular weight excluding hydrogens is 1040 g/mol. The van der Waals surface area contributed by atoms with E-state index in [0.29, 0.717) is 62.6 Å². The van der Waals surface area contributed by atoms with Crippen LogP contribution in [-0.4, -0.2) is 87.4 Å². The maximum absolute atomic E-state index is 12.0. The van der Waals surface area contributed by atoms with E-state index in [9.17, 15) is 38.4 Å². The van der Waals surface area contributed by atoms with Crippen molar-refractivity contribution in [3.05, 3.63) is 168 Å². The lowest BCUT2D eigenvalue weighted by atomic mass is 10.2. The third kappa shape index (κ3) is 25.2. The number of esters is 8. The van der Waals surface area contributed by atoms with E-state index in [1.54, 1.807) is 13.0 Å². The number of hydrogen-bond acceptors (Lipinski definition) is 24. The molecule has 0 saturated heterocycles. The second kappa shape index (κ2) is 32.6. The van der Waals surface area contributed by atoms with Gasteiger partial charge in [0.05, 0.1) is 22.3 Å². The summed E-state index contributed by atoms with van der Waals surface area (Å²) in [6.45, 7) is 19.7. The lowest BCUT2D eigenvalue weighted by molar-refractivity contribution is -0.140. The Morgan fingerprint density at radius 3 is 0.725 bits per heavy atom. The Bertz CT molecular complexity index is 2820. The molecule has 80 heavy (non-hydrogen) atoms. The summed E-state index contributed by atoms with van der Waals surface area (Å²) in [6.07, 6.45) is 0. The quantitative estimate of drug-likeness (QED) is 0.0118. The minimum Gasteiger partial charge on any atom is -0.459 e. The van der Waals surface area contributed by atoms with Crippen molar-refractivity contribution in [2.75, 3.05) is 85.5 Å². The number of benzene rings is 5. The predicted molar refractivity (Wildman–Crippen MR) is 301 cm³/mol. The molecule has 5 aromatic carbocycles. The van der Waals surface area contributed by atoms with Crippen LogP contribution in [0.15, 0.2) is 146 Å². The molecule has 0 aliphatic rings. The normalized spacial score (nSPS) is 9.80. The van der Waals surface area contributed by atoms with E-state index in [2.05, 4.69) is 26.3 Å². The molecule has 0 spiro atoms. The first kappa shape index (κ1) is 65.3. The van der Waals surface area contributed by atoms with Gasteiger partial charge in [0, 0.05) is 67.8 Å². The van der Waals surface area contributed by atoms with Gasteiger partial charge in [-0.15, -0.1) is 0 Å². The second-order valence-electron chi connectivity index (χ2n) is 16.7. The minimum absolute atomic E-state index is 0.0325. The highest BCUT2D eigenvalue weighted by atomic mass is 16.6. The summed E-state index contributed by atoms with van der Waals surface area (Å²) in [7, 11) is 0. The average molecular weight is 1110 g/mol. The highest BCUT2D eigenvalue weighted by Gasteiger charge is 2.15. The van der Waals surface area contributed by atoms with Gasteiger partial charge in [-0.05, 0) is 125 Å². The fourth-order valence-electron chi connectivity index (χ4n) is 5.54. The third-order valence-electron chi connectivity index (χ3n) is 9.14. The number of hydrogen-bond donors (Lipinski definition) is 8. The van der Waals surface area contributed by atoms with Crippen molar-refractivity contribution < 1.29 is 76.3 Å². The molecule has 0 bridgehead atoms. The molecule has 0 amide bonds. The number of carbonyl (C=O) groups excluding carboxylic acids is 8. The van der Waals surface area contributed by atoms with Crippen LogP contribution in [0.2, 0.25) is 0 Å². The number of ether oxygens (including phenoxy) is 8. The van der Waals surface area contributed by atoms with E-state index >= 15 is 0 Å². The van der Waals surface area contributed by atoms with Crippen molar-refractivity contribution in [3.63, 3.8) is 0 Å². The average Bonchev–Trinajstić information content (AvgIpc) is 3.37. The molecule has 5 aromatic rings. The molecule has 0 fully saturated rings. The predicted octanol–water partition coefficient (Wildman–Crippen LogP) is 5.93. The van der Waals surface area contributed by atoms with E-state index in [1.165, 1.54) is 112 Å². The molecule has 16 N–H and O–H groups in total. The van der Waals surface area contributed by atoms with Crippen LogP contribution in [-0.2, 0) is 47.6 Å². The molecule has 24 heteroatoms. The van der Waals surface area contributed by atoms with Gasteiger partial charge in [0.1, 0.15) is 51.1 Å². The van der Waals surface area contributed by atoms with Crippen LogP contribution in [0.4, 0.5) is 45.5 Å². The standard InChI is InChI=1S/C17H16N2O4.3C13H16N2O4/c1-10(2)16(20)22-14-3-5-15(6-4-14)23-17(21)11-7-12(18)9-13(19)8-11;3*1-8(2)12(16)18-3-4-19-13(17)9-5-10(14)7-11(15)6-9/h3-9H,1,18-19H2,2H3;3*5-7H,1,3-4,14-15H2,2H3. The largest absolute Gasteiger partial charge is 0.459 e. The minimum atomic E-state index is -0.587. The first-order chi connectivity index (χ1) is 37.5. The summed E-state index contributed by atoms with van der Waals surface area (Å²) < 4.78 is 39.3. The van der Waals surface area contributed by atoms with Crippen LogP contribution in [0.25, 0.3) is 0 Å². The zero-order valence-electron chi connectivity index (χ0n) is 44.5. The van der Waals surface area contributed by atoms with Crippen molar-refractivity contribution in [1.29, 1.82) is 0 Å². The highest BCUT2D eigenvalue weighted by Crippen LogP contribution is 2.22. The molecule has 0 unspecified atom stereocenters. The van der Waals surface area contributed by atoms with Gasteiger partial charge >= 0.3 is 47.8 Å². The fourth-order valence-corrected chi connectivity index (χ4v) is 5.54. The summed E-state index contributed by atoms with van der Waals surface area (Å²) in [5, 5.41) is 0. The van der Waals surface area contributed by atoms with Crippen molar-refractivity contribution in [2.24, 2.45) is 0 Å². The highest BCUT2D eigenvalue weighted by molar-refractivity contribution is 5.95. The lowest BCUT2D eigenvalue weighted by Crippen LogP contribution is -2.14. The SMILES string of the molecule is C=C(C)C(=O)OCCOC(=O)c1cc(N)cc(N)c1.C=C(C)C(=O)OCCOC(=O)c1cc(N)cc(N)c1.C=C(C)C(=O)OCCOC(=O)c1cc(N)cc(N)c1.C=C(C)C(=O)Oc1ccc(OC(=O)c2cc(N)cc(N)c2)cc1. The first-order valence-corrected chi connectivity index (χ1v) is 23.4. The van der Waals surface area contributed by atoms with Crippen molar-refractivity contribution in [3.8, 4) is 11.5 Å². The molecule has 24 nitrogen and oxygen atoms in total. The van der Waals surface area contributed by atoms with Gasteiger partial charge in [-0.25, -0.2) is 38.4 Å². The Balaban J connectivity index is 0.000000366. The summed E-state index contributed by atoms with van der Waals surface area (Å²) in [4.78, 5) is 91.5. The molecular formula is C56H64N8O16. The third-order valence-corrected chi connectivity index (χ3v) is 9.14. The Labute approximate surface area is 460 Å². The zero-order valence-corrected chi connectivity index (χ0v) is 44.5. The number of carbonyl (C=O) groups is 8. The van der Waals surface area contributed by atoms with Gasteiger partial charge in [-0.2, -0.15) is 0 Å². The Hall–Kier alpha value is -10.8. The molecule has 0 heterocycles. The molecule has 0 atom stereocenters. The van der Waals surface area contributed by atoms with E-state index in [4.69, 9.17) is 83.8 Å². The summed E-state index contributed by atoms with van der Waals surface area (Å²) in [6, 6.07) is 23.9.